The summed E-state index contributed by atoms with van der Waals surface area (Å²) in [5.74, 6) is 2.48. The van der Waals surface area contributed by atoms with Crippen molar-refractivity contribution < 1.29 is 0 Å². The van der Waals surface area contributed by atoms with Gasteiger partial charge >= 0.3 is 0 Å². The van der Waals surface area contributed by atoms with E-state index in [9.17, 15) is 0 Å². The molecule has 0 aromatic heterocycles. The molecule has 0 aliphatic heterocycles. The zero-order chi connectivity index (χ0) is 8.15. The normalized spacial score (nSPS) is 20.1. The number of hydrogen-bond donors (Lipinski definition) is 0. The molecule has 0 N–H and O–H groups in total. The largest absolute Gasteiger partial charge is 0.0651 e. The van der Waals surface area contributed by atoms with E-state index >= 15 is 0 Å². The Kier molecular flexibility index (Phi) is 4.76. The van der Waals surface area contributed by atoms with Crippen molar-refractivity contribution in [1.29, 1.82) is 0 Å². The topological polar surface area (TPSA) is 0 Å². The molecule has 0 heteroatoms. The SMILES string of the molecule is [CH2]CC(C)C(C)C(C)CC. The number of hydrogen-bond acceptors (Lipinski definition) is 0. The van der Waals surface area contributed by atoms with Crippen molar-refractivity contribution in [3.05, 3.63) is 6.92 Å². The molecule has 0 aromatic rings. The van der Waals surface area contributed by atoms with Crippen molar-refractivity contribution in [2.75, 3.05) is 0 Å². The minimum Gasteiger partial charge on any atom is -0.0651 e. The van der Waals surface area contributed by atoms with E-state index in [0.29, 0.717) is 0 Å². The second-order valence-corrected chi connectivity index (χ2v) is 3.51. The van der Waals surface area contributed by atoms with Crippen molar-refractivity contribution in [3.63, 3.8) is 0 Å². The van der Waals surface area contributed by atoms with E-state index in [4.69, 9.17) is 0 Å². The quantitative estimate of drug-likeness (QED) is 0.562. The van der Waals surface area contributed by atoms with Gasteiger partial charge < -0.3 is 0 Å². The van der Waals surface area contributed by atoms with Gasteiger partial charge in [0.1, 0.15) is 0 Å². The summed E-state index contributed by atoms with van der Waals surface area (Å²) < 4.78 is 0. The molecule has 0 heterocycles. The summed E-state index contributed by atoms with van der Waals surface area (Å²) >= 11 is 0. The summed E-state index contributed by atoms with van der Waals surface area (Å²) in [7, 11) is 0. The average Bonchev–Trinajstić information content (AvgIpc) is 2.00. The molecule has 3 unspecified atom stereocenters. The lowest BCUT2D eigenvalue weighted by atomic mass is 9.82. The average molecular weight is 141 g/mol. The van der Waals surface area contributed by atoms with Gasteiger partial charge in [-0.2, -0.15) is 0 Å². The summed E-state index contributed by atoms with van der Waals surface area (Å²) in [5, 5.41) is 0. The van der Waals surface area contributed by atoms with Gasteiger partial charge in [0, 0.05) is 0 Å². The van der Waals surface area contributed by atoms with Crippen LogP contribution in [-0.2, 0) is 0 Å². The van der Waals surface area contributed by atoms with Crippen molar-refractivity contribution in [2.45, 2.75) is 40.5 Å². The lowest BCUT2D eigenvalue weighted by molar-refractivity contribution is 0.273. The molecule has 0 rings (SSSR count). The lowest BCUT2D eigenvalue weighted by Crippen LogP contribution is -2.15. The minimum absolute atomic E-state index is 0.787. The fourth-order valence-electron chi connectivity index (χ4n) is 1.20. The smallest absolute Gasteiger partial charge is 0.0391 e. The molecular formula is C10H21. The van der Waals surface area contributed by atoms with E-state index < -0.39 is 0 Å². The summed E-state index contributed by atoms with van der Waals surface area (Å²) in [6.45, 7) is 13.1. The maximum atomic E-state index is 3.92. The van der Waals surface area contributed by atoms with Crippen LogP contribution < -0.4 is 0 Å². The Balaban J connectivity index is 3.69. The molecule has 10 heavy (non-hydrogen) atoms. The molecule has 61 valence electrons. The highest BCUT2D eigenvalue weighted by Crippen LogP contribution is 2.24. The Labute approximate surface area is 66.0 Å². The molecular weight excluding hydrogens is 120 g/mol. The van der Waals surface area contributed by atoms with Crippen LogP contribution in [0.1, 0.15) is 40.5 Å². The first-order valence-electron chi connectivity index (χ1n) is 4.42. The van der Waals surface area contributed by atoms with E-state index in [2.05, 4.69) is 34.6 Å². The van der Waals surface area contributed by atoms with Gasteiger partial charge in [-0.15, -0.1) is 0 Å². The van der Waals surface area contributed by atoms with Crippen molar-refractivity contribution in [2.24, 2.45) is 17.8 Å². The van der Waals surface area contributed by atoms with E-state index in [1.54, 1.807) is 0 Å². The molecule has 0 aliphatic carbocycles. The van der Waals surface area contributed by atoms with Crippen LogP contribution in [0.3, 0.4) is 0 Å². The fourth-order valence-corrected chi connectivity index (χ4v) is 1.20. The van der Waals surface area contributed by atoms with Gasteiger partial charge in [0.15, 0.2) is 0 Å². The van der Waals surface area contributed by atoms with Crippen LogP contribution in [0.4, 0.5) is 0 Å². The second-order valence-electron chi connectivity index (χ2n) is 3.51. The molecule has 0 aromatic carbocycles. The van der Waals surface area contributed by atoms with Gasteiger partial charge in [-0.1, -0.05) is 47.5 Å². The summed E-state index contributed by atoms with van der Waals surface area (Å²) in [6.07, 6.45) is 2.37. The predicted molar refractivity (Wildman–Crippen MR) is 47.8 cm³/mol. The standard InChI is InChI=1S/C10H21/c1-6-8(3)10(5)9(4)7-2/h8-10H,1,6-7H2,2-5H3. The highest BCUT2D eigenvalue weighted by atomic mass is 14.2. The van der Waals surface area contributed by atoms with E-state index in [0.717, 1.165) is 24.2 Å². The van der Waals surface area contributed by atoms with E-state index in [-0.39, 0.29) is 0 Å². The highest BCUT2D eigenvalue weighted by Gasteiger charge is 2.15. The lowest BCUT2D eigenvalue weighted by Gasteiger charge is -2.23. The molecule has 0 amide bonds. The van der Waals surface area contributed by atoms with Gasteiger partial charge in [-0.05, 0) is 17.8 Å². The first-order chi connectivity index (χ1) is 4.63. The third kappa shape index (κ3) is 2.72. The molecule has 0 nitrogen and oxygen atoms in total. The van der Waals surface area contributed by atoms with Crippen molar-refractivity contribution in [1.82, 2.24) is 0 Å². The summed E-state index contributed by atoms with van der Waals surface area (Å²) in [4.78, 5) is 0. The monoisotopic (exact) mass is 141 g/mol. The third-order valence-electron chi connectivity index (χ3n) is 2.89. The molecule has 1 radical (unpaired) electrons. The van der Waals surface area contributed by atoms with Crippen LogP contribution in [0.5, 0.6) is 0 Å². The van der Waals surface area contributed by atoms with Gasteiger partial charge in [-0.3, -0.25) is 0 Å². The van der Waals surface area contributed by atoms with Gasteiger partial charge in [0.2, 0.25) is 0 Å². The van der Waals surface area contributed by atoms with Gasteiger partial charge in [-0.25, -0.2) is 0 Å². The molecule has 0 bridgehead atoms. The highest BCUT2D eigenvalue weighted by molar-refractivity contribution is 4.67. The molecule has 0 aliphatic rings. The van der Waals surface area contributed by atoms with Crippen LogP contribution in [0.15, 0.2) is 0 Å². The van der Waals surface area contributed by atoms with Crippen LogP contribution >= 0.6 is 0 Å². The first kappa shape index (κ1) is 10.0. The van der Waals surface area contributed by atoms with Crippen LogP contribution in [0.25, 0.3) is 0 Å². The Hall–Kier alpha value is 0. The first-order valence-corrected chi connectivity index (χ1v) is 4.42. The summed E-state index contributed by atoms with van der Waals surface area (Å²) in [5.41, 5.74) is 0. The zero-order valence-corrected chi connectivity index (χ0v) is 7.85. The van der Waals surface area contributed by atoms with Crippen LogP contribution in [-0.4, -0.2) is 0 Å². The third-order valence-corrected chi connectivity index (χ3v) is 2.89. The fraction of sp³-hybridized carbons (Fsp3) is 0.900. The Morgan fingerprint density at radius 1 is 1.10 bits per heavy atom. The second kappa shape index (κ2) is 4.76. The Morgan fingerprint density at radius 3 is 1.90 bits per heavy atom. The van der Waals surface area contributed by atoms with Crippen molar-refractivity contribution in [3.8, 4) is 0 Å². The number of rotatable bonds is 4. The summed E-state index contributed by atoms with van der Waals surface area (Å²) in [6, 6.07) is 0. The Bertz CT molecular complexity index is 66.1. The van der Waals surface area contributed by atoms with Crippen molar-refractivity contribution >= 4 is 0 Å². The Morgan fingerprint density at radius 2 is 1.60 bits per heavy atom. The molecule has 0 saturated carbocycles. The zero-order valence-electron chi connectivity index (χ0n) is 7.85. The molecule has 0 saturated heterocycles. The minimum atomic E-state index is 0.787. The molecule has 3 atom stereocenters. The van der Waals surface area contributed by atoms with Crippen LogP contribution in [0, 0.1) is 24.7 Å². The van der Waals surface area contributed by atoms with Gasteiger partial charge in [0.05, 0.1) is 0 Å². The van der Waals surface area contributed by atoms with E-state index in [1.807, 2.05) is 0 Å². The molecule has 0 spiro atoms. The molecule has 0 fully saturated rings. The van der Waals surface area contributed by atoms with Gasteiger partial charge in [0.25, 0.3) is 0 Å². The maximum Gasteiger partial charge on any atom is -0.0391 e. The maximum absolute atomic E-state index is 3.92. The van der Waals surface area contributed by atoms with Crippen LogP contribution in [0.2, 0.25) is 0 Å². The van der Waals surface area contributed by atoms with E-state index in [1.165, 1.54) is 6.42 Å². The predicted octanol–water partition coefficient (Wildman–Crippen LogP) is 3.53.